The molecule has 0 spiro atoms. The summed E-state index contributed by atoms with van der Waals surface area (Å²) in [6.07, 6.45) is -3.68. The van der Waals surface area contributed by atoms with E-state index in [1.807, 2.05) is 0 Å². The second kappa shape index (κ2) is 4.83. The Hall–Kier alpha value is -2.44. The standard InChI is InChI=1S/C14H9F4NO2/c15-9-1-3-11(16)8(5-9)7-19-10-2-4-12-13(6-10)21-14(17,18)20-12/h1-6,19H,7H2. The molecule has 2 aromatic rings. The predicted molar refractivity (Wildman–Crippen MR) is 66.3 cm³/mol. The average Bonchev–Trinajstić information content (AvgIpc) is 2.72. The van der Waals surface area contributed by atoms with Crippen LogP contribution in [-0.2, 0) is 6.54 Å². The predicted octanol–water partition coefficient (Wildman–Crippen LogP) is 3.90. The largest absolute Gasteiger partial charge is 0.586 e. The van der Waals surface area contributed by atoms with E-state index in [4.69, 9.17) is 0 Å². The molecule has 0 amide bonds. The summed E-state index contributed by atoms with van der Waals surface area (Å²) in [6.45, 7) is -0.000367. The zero-order valence-electron chi connectivity index (χ0n) is 10.5. The molecule has 1 aliphatic heterocycles. The van der Waals surface area contributed by atoms with E-state index in [1.165, 1.54) is 18.2 Å². The number of rotatable bonds is 3. The summed E-state index contributed by atoms with van der Waals surface area (Å²) in [5.74, 6) is -1.32. The van der Waals surface area contributed by atoms with Crippen molar-refractivity contribution < 1.29 is 27.0 Å². The first-order chi connectivity index (χ1) is 9.93. The van der Waals surface area contributed by atoms with E-state index < -0.39 is 17.9 Å². The Morgan fingerprint density at radius 2 is 1.71 bits per heavy atom. The molecule has 3 rings (SSSR count). The molecular formula is C14H9F4NO2. The van der Waals surface area contributed by atoms with Gasteiger partial charge < -0.3 is 14.8 Å². The molecule has 1 aliphatic rings. The van der Waals surface area contributed by atoms with Gasteiger partial charge in [0.15, 0.2) is 11.5 Å². The summed E-state index contributed by atoms with van der Waals surface area (Å²) in [5.41, 5.74) is 0.539. The number of halogens is 4. The van der Waals surface area contributed by atoms with Crippen molar-refractivity contribution in [1.82, 2.24) is 0 Å². The van der Waals surface area contributed by atoms with Crippen LogP contribution in [0, 0.1) is 11.6 Å². The van der Waals surface area contributed by atoms with Crippen LogP contribution in [0.1, 0.15) is 5.56 Å². The van der Waals surface area contributed by atoms with Crippen LogP contribution in [0.2, 0.25) is 0 Å². The maximum atomic E-state index is 13.4. The topological polar surface area (TPSA) is 30.5 Å². The van der Waals surface area contributed by atoms with E-state index in [2.05, 4.69) is 14.8 Å². The third-order valence-corrected chi connectivity index (χ3v) is 2.89. The number of nitrogens with one attached hydrogen (secondary N) is 1. The van der Waals surface area contributed by atoms with Crippen molar-refractivity contribution in [1.29, 1.82) is 0 Å². The fourth-order valence-electron chi connectivity index (χ4n) is 1.94. The van der Waals surface area contributed by atoms with Crippen molar-refractivity contribution in [3.8, 4) is 11.5 Å². The number of hydrogen-bond donors (Lipinski definition) is 1. The molecule has 0 atom stereocenters. The Bertz CT molecular complexity index is 691. The molecule has 0 saturated carbocycles. The lowest BCUT2D eigenvalue weighted by molar-refractivity contribution is -0.286. The van der Waals surface area contributed by atoms with Crippen molar-refractivity contribution in [2.45, 2.75) is 12.8 Å². The van der Waals surface area contributed by atoms with Crippen LogP contribution >= 0.6 is 0 Å². The molecule has 2 aromatic carbocycles. The van der Waals surface area contributed by atoms with Gasteiger partial charge in [-0.15, -0.1) is 8.78 Å². The minimum Gasteiger partial charge on any atom is -0.395 e. The lowest BCUT2D eigenvalue weighted by atomic mass is 10.2. The van der Waals surface area contributed by atoms with Crippen molar-refractivity contribution in [3.05, 3.63) is 53.6 Å². The Labute approximate surface area is 117 Å². The third kappa shape index (κ3) is 2.86. The molecule has 0 aromatic heterocycles. The molecule has 3 nitrogen and oxygen atoms in total. The quantitative estimate of drug-likeness (QED) is 0.872. The van der Waals surface area contributed by atoms with Crippen LogP contribution in [0.15, 0.2) is 36.4 Å². The van der Waals surface area contributed by atoms with Crippen LogP contribution in [0.5, 0.6) is 11.5 Å². The number of hydrogen-bond acceptors (Lipinski definition) is 3. The van der Waals surface area contributed by atoms with Crippen LogP contribution in [0.4, 0.5) is 23.2 Å². The minimum atomic E-state index is -3.68. The Morgan fingerprint density at radius 1 is 0.952 bits per heavy atom. The zero-order chi connectivity index (χ0) is 15.0. The Balaban J connectivity index is 1.74. The van der Waals surface area contributed by atoms with Gasteiger partial charge in [-0.3, -0.25) is 0 Å². The van der Waals surface area contributed by atoms with Gasteiger partial charge in [0.05, 0.1) is 0 Å². The summed E-state index contributed by atoms with van der Waals surface area (Å²) in [6, 6.07) is 7.17. The van der Waals surface area contributed by atoms with Gasteiger partial charge in [-0.25, -0.2) is 8.78 Å². The van der Waals surface area contributed by atoms with E-state index in [1.54, 1.807) is 0 Å². The number of ether oxygens (including phenoxy) is 2. The van der Waals surface area contributed by atoms with E-state index >= 15 is 0 Å². The molecule has 110 valence electrons. The summed E-state index contributed by atoms with van der Waals surface area (Å²) in [5, 5.41) is 2.80. The van der Waals surface area contributed by atoms with Gasteiger partial charge in [-0.2, -0.15) is 0 Å². The Kier molecular flexibility index (Phi) is 3.12. The molecule has 0 fully saturated rings. The van der Waals surface area contributed by atoms with Crippen LogP contribution < -0.4 is 14.8 Å². The van der Waals surface area contributed by atoms with Crippen molar-refractivity contribution >= 4 is 5.69 Å². The first kappa shape index (κ1) is 13.5. The highest BCUT2D eigenvalue weighted by atomic mass is 19.3. The summed E-state index contributed by atoms with van der Waals surface area (Å²) >= 11 is 0. The number of benzene rings is 2. The Morgan fingerprint density at radius 3 is 2.52 bits per heavy atom. The summed E-state index contributed by atoms with van der Waals surface area (Å²) < 4.78 is 60.7. The molecule has 0 unspecified atom stereocenters. The summed E-state index contributed by atoms with van der Waals surface area (Å²) in [4.78, 5) is 0. The molecule has 0 aliphatic carbocycles. The molecule has 0 bridgehead atoms. The molecular weight excluding hydrogens is 290 g/mol. The van der Waals surface area contributed by atoms with E-state index in [-0.39, 0.29) is 23.6 Å². The van der Waals surface area contributed by atoms with Crippen molar-refractivity contribution in [2.24, 2.45) is 0 Å². The van der Waals surface area contributed by atoms with Gasteiger partial charge in [0.25, 0.3) is 0 Å². The van der Waals surface area contributed by atoms with Gasteiger partial charge in [-0.1, -0.05) is 0 Å². The molecule has 1 heterocycles. The van der Waals surface area contributed by atoms with Gasteiger partial charge >= 0.3 is 6.29 Å². The van der Waals surface area contributed by atoms with Gasteiger partial charge in [-0.05, 0) is 30.3 Å². The molecule has 21 heavy (non-hydrogen) atoms. The smallest absolute Gasteiger partial charge is 0.395 e. The van der Waals surface area contributed by atoms with E-state index in [9.17, 15) is 17.6 Å². The maximum absolute atomic E-state index is 13.4. The fourth-order valence-corrected chi connectivity index (χ4v) is 1.94. The van der Waals surface area contributed by atoms with Crippen molar-refractivity contribution in [2.75, 3.05) is 5.32 Å². The fraction of sp³-hybridized carbons (Fsp3) is 0.143. The molecule has 1 N–H and O–H groups in total. The highest BCUT2D eigenvalue weighted by molar-refractivity contribution is 5.56. The lowest BCUT2D eigenvalue weighted by Gasteiger charge is -2.08. The highest BCUT2D eigenvalue weighted by Crippen LogP contribution is 2.42. The molecule has 0 saturated heterocycles. The maximum Gasteiger partial charge on any atom is 0.586 e. The molecule has 0 radical (unpaired) electrons. The highest BCUT2D eigenvalue weighted by Gasteiger charge is 2.43. The SMILES string of the molecule is Fc1ccc(F)c(CNc2ccc3c(c2)OC(F)(F)O3)c1. The van der Waals surface area contributed by atoms with Crippen LogP contribution in [0.25, 0.3) is 0 Å². The van der Waals surface area contributed by atoms with Gasteiger partial charge in [0.1, 0.15) is 11.6 Å². The number of fused-ring (bicyclic) bond motifs is 1. The van der Waals surface area contributed by atoms with Crippen LogP contribution in [-0.4, -0.2) is 6.29 Å². The third-order valence-electron chi connectivity index (χ3n) is 2.89. The normalized spacial score (nSPS) is 15.0. The summed E-state index contributed by atoms with van der Waals surface area (Å²) in [7, 11) is 0. The first-order valence-electron chi connectivity index (χ1n) is 6.01. The van der Waals surface area contributed by atoms with Gasteiger partial charge in [0, 0.05) is 23.9 Å². The van der Waals surface area contributed by atoms with Crippen LogP contribution in [0.3, 0.4) is 0 Å². The second-order valence-corrected chi connectivity index (χ2v) is 4.42. The number of alkyl halides is 2. The molecule has 7 heteroatoms. The minimum absolute atomic E-state index is 0.000367. The van der Waals surface area contributed by atoms with Crippen molar-refractivity contribution in [3.63, 3.8) is 0 Å². The average molecular weight is 299 g/mol. The van der Waals surface area contributed by atoms with Gasteiger partial charge in [0.2, 0.25) is 0 Å². The first-order valence-corrected chi connectivity index (χ1v) is 6.01. The monoisotopic (exact) mass is 299 g/mol. The lowest BCUT2D eigenvalue weighted by Crippen LogP contribution is -2.25. The van der Waals surface area contributed by atoms with E-state index in [0.29, 0.717) is 5.69 Å². The second-order valence-electron chi connectivity index (χ2n) is 4.42. The van der Waals surface area contributed by atoms with E-state index in [0.717, 1.165) is 18.2 Å². The zero-order valence-corrected chi connectivity index (χ0v) is 10.5. The number of anilines is 1.